The molecule has 4 heterocycles. The number of aromatic amines is 1. The number of esters is 2. The van der Waals surface area contributed by atoms with Crippen molar-refractivity contribution in [3.63, 3.8) is 0 Å². The van der Waals surface area contributed by atoms with Gasteiger partial charge in [0.1, 0.15) is 35.6 Å². The summed E-state index contributed by atoms with van der Waals surface area (Å²) in [5.41, 5.74) is 1.08. The average molecular weight is 891 g/mol. The van der Waals surface area contributed by atoms with Gasteiger partial charge in [0.05, 0.1) is 47.5 Å². The number of hydrogen-bond donors (Lipinski definition) is 3. The highest BCUT2D eigenvalue weighted by molar-refractivity contribution is 5.78. The lowest BCUT2D eigenvalue weighted by Crippen LogP contribution is -2.37. The smallest absolute Gasteiger partial charge is 0.312 e. The highest BCUT2D eigenvalue weighted by Crippen LogP contribution is 2.42. The van der Waals surface area contributed by atoms with Gasteiger partial charge in [-0.2, -0.15) is 10.2 Å². The Labute approximate surface area is 384 Å². The van der Waals surface area contributed by atoms with Crippen LogP contribution in [0.25, 0.3) is 0 Å². The lowest BCUT2D eigenvalue weighted by atomic mass is 9.71. The number of H-pyrrole nitrogens is 1. The largest absolute Gasteiger partial charge is 0.489 e. The summed E-state index contributed by atoms with van der Waals surface area (Å²) >= 11 is 0. The summed E-state index contributed by atoms with van der Waals surface area (Å²) in [6, 6.07) is 20.9. The average Bonchev–Trinajstić information content (AvgIpc) is 3.95. The number of hydrogen-bond acceptors (Lipinski definition) is 11. The standard InChI is InChI=1S/C29H38N4O3.C22H32N4O3/c1-5-35-27(34)29(15-10-7-11-16-29)20-23-18-24(36-21-22-12-8-6-9-13-22)19-25(31-23)32-26-14-17-30-33(26)28(2,3)4;1-5-29-20(28)22(10-7-6-8-11-22)15-16-13-17(27)14-18(24-16)25-19-9-12-23-26(19)21(2,3)4/h6,8-9,12-14,17-19H,5,7,10-11,15-16,20-21H2,1-4H3,(H,31,32);9,12-14H,5-8,10-11,15H2,1-4H3,(H2,24,25,27). The molecule has 2 aliphatic rings. The van der Waals surface area contributed by atoms with Gasteiger partial charge in [0.15, 0.2) is 5.43 Å². The topological polar surface area (TPSA) is 167 Å². The number of aromatic nitrogens is 6. The molecule has 0 radical (unpaired) electrons. The van der Waals surface area contributed by atoms with E-state index >= 15 is 0 Å². The third-order valence-electron chi connectivity index (χ3n) is 12.2. The van der Waals surface area contributed by atoms with Crippen molar-refractivity contribution in [1.82, 2.24) is 29.5 Å². The Morgan fingerprint density at radius 1 is 0.692 bits per heavy atom. The third-order valence-corrected chi connectivity index (χ3v) is 12.2. The Hall–Kier alpha value is -5.92. The van der Waals surface area contributed by atoms with Crippen LogP contribution in [-0.2, 0) is 49.6 Å². The van der Waals surface area contributed by atoms with Crippen molar-refractivity contribution < 1.29 is 23.8 Å². The maximum Gasteiger partial charge on any atom is 0.312 e. The molecule has 5 aromatic rings. The van der Waals surface area contributed by atoms with Crippen molar-refractivity contribution in [2.24, 2.45) is 10.8 Å². The molecule has 3 N–H and O–H groups in total. The summed E-state index contributed by atoms with van der Waals surface area (Å²) in [4.78, 5) is 46.5. The molecule has 0 saturated heterocycles. The van der Waals surface area contributed by atoms with E-state index in [2.05, 4.69) is 67.4 Å². The molecule has 0 amide bonds. The highest BCUT2D eigenvalue weighted by atomic mass is 16.5. The molecule has 2 saturated carbocycles. The van der Waals surface area contributed by atoms with E-state index in [4.69, 9.17) is 19.2 Å². The first kappa shape index (κ1) is 48.5. The van der Waals surface area contributed by atoms with Crippen LogP contribution in [0, 0.1) is 10.8 Å². The number of anilines is 4. The Balaban J connectivity index is 0.000000221. The van der Waals surface area contributed by atoms with Gasteiger partial charge < -0.3 is 29.8 Å². The number of carbonyl (C=O) groups is 2. The van der Waals surface area contributed by atoms with Gasteiger partial charge in [0, 0.05) is 60.6 Å². The molecule has 350 valence electrons. The SMILES string of the molecule is CCOC(=O)C1(Cc2cc(=O)cc(Nc3ccnn3C(C)(C)C)[nH]2)CCCCC1.CCOC(=O)C1(Cc2cc(OCc3ccccc3)cc(Nc3ccnn3C(C)(C)C)n2)CCCCC1. The molecule has 0 aliphatic heterocycles. The minimum absolute atomic E-state index is 0.0992. The molecule has 2 aliphatic carbocycles. The van der Waals surface area contributed by atoms with Crippen LogP contribution in [0.4, 0.5) is 23.3 Å². The fraction of sp³-hybridized carbons (Fsp3) is 0.529. The number of ether oxygens (including phenoxy) is 3. The Bertz CT molecular complexity index is 2380. The molecule has 14 heteroatoms. The molecule has 14 nitrogen and oxygen atoms in total. The molecule has 0 atom stereocenters. The minimum Gasteiger partial charge on any atom is -0.489 e. The van der Waals surface area contributed by atoms with E-state index in [-0.39, 0.29) is 28.4 Å². The predicted octanol–water partition coefficient (Wildman–Crippen LogP) is 10.5. The highest BCUT2D eigenvalue weighted by Gasteiger charge is 2.42. The molecular weight excluding hydrogens is 821 g/mol. The van der Waals surface area contributed by atoms with Gasteiger partial charge in [0.2, 0.25) is 0 Å². The van der Waals surface area contributed by atoms with Crippen LogP contribution in [0.5, 0.6) is 5.75 Å². The maximum atomic E-state index is 13.1. The van der Waals surface area contributed by atoms with Crippen molar-refractivity contribution in [3.05, 3.63) is 106 Å². The van der Waals surface area contributed by atoms with Crippen molar-refractivity contribution >= 4 is 35.2 Å². The predicted molar refractivity (Wildman–Crippen MR) is 255 cm³/mol. The van der Waals surface area contributed by atoms with Crippen molar-refractivity contribution in [2.45, 2.75) is 150 Å². The lowest BCUT2D eigenvalue weighted by Gasteiger charge is -2.34. The van der Waals surface area contributed by atoms with E-state index in [9.17, 15) is 14.4 Å². The number of benzene rings is 1. The van der Waals surface area contributed by atoms with Crippen molar-refractivity contribution in [1.29, 1.82) is 0 Å². The molecule has 0 bridgehead atoms. The zero-order valence-electron chi connectivity index (χ0n) is 39.8. The summed E-state index contributed by atoms with van der Waals surface area (Å²) in [6.07, 6.45) is 14.1. The first-order valence-corrected chi connectivity index (χ1v) is 23.4. The van der Waals surface area contributed by atoms with Crippen LogP contribution >= 0.6 is 0 Å². The Kier molecular flexibility index (Phi) is 16.0. The Morgan fingerprint density at radius 3 is 1.77 bits per heavy atom. The van der Waals surface area contributed by atoms with E-state index in [1.165, 1.54) is 6.07 Å². The summed E-state index contributed by atoms with van der Waals surface area (Å²) in [5.74, 6) is 3.35. The first-order valence-electron chi connectivity index (χ1n) is 23.4. The van der Waals surface area contributed by atoms with Gasteiger partial charge in [0.25, 0.3) is 0 Å². The second-order valence-electron chi connectivity index (χ2n) is 19.5. The zero-order chi connectivity index (χ0) is 46.7. The first-order chi connectivity index (χ1) is 31.0. The van der Waals surface area contributed by atoms with E-state index in [0.717, 1.165) is 92.8 Å². The fourth-order valence-electron chi connectivity index (χ4n) is 9.08. The second kappa shape index (κ2) is 21.4. The van der Waals surface area contributed by atoms with Gasteiger partial charge in [-0.05, 0) is 86.6 Å². The summed E-state index contributed by atoms with van der Waals surface area (Å²) in [6.45, 7) is 17.4. The van der Waals surface area contributed by atoms with Crippen LogP contribution in [0.3, 0.4) is 0 Å². The zero-order valence-corrected chi connectivity index (χ0v) is 39.8. The molecule has 65 heavy (non-hydrogen) atoms. The minimum atomic E-state index is -0.553. The van der Waals surface area contributed by atoms with Crippen molar-refractivity contribution in [3.8, 4) is 5.75 Å². The number of nitrogens with one attached hydrogen (secondary N) is 3. The monoisotopic (exact) mass is 891 g/mol. The van der Waals surface area contributed by atoms with Crippen LogP contribution in [0.2, 0.25) is 0 Å². The molecule has 0 unspecified atom stereocenters. The van der Waals surface area contributed by atoms with Gasteiger partial charge in [-0.25, -0.2) is 14.3 Å². The van der Waals surface area contributed by atoms with Gasteiger partial charge in [-0.3, -0.25) is 14.4 Å². The summed E-state index contributed by atoms with van der Waals surface area (Å²) in [7, 11) is 0. The molecule has 2 fully saturated rings. The van der Waals surface area contributed by atoms with Crippen LogP contribution in [-0.4, -0.2) is 54.7 Å². The fourth-order valence-corrected chi connectivity index (χ4v) is 9.08. The van der Waals surface area contributed by atoms with Gasteiger partial charge >= 0.3 is 11.9 Å². The van der Waals surface area contributed by atoms with Gasteiger partial charge in [-0.15, -0.1) is 0 Å². The maximum absolute atomic E-state index is 13.1. The normalized spacial score (nSPS) is 15.8. The second-order valence-corrected chi connectivity index (χ2v) is 19.5. The molecular formula is C51H70N8O6. The van der Waals surface area contributed by atoms with E-state index in [0.29, 0.717) is 50.0 Å². The van der Waals surface area contributed by atoms with E-state index in [1.54, 1.807) is 18.5 Å². The molecule has 7 rings (SSSR count). The summed E-state index contributed by atoms with van der Waals surface area (Å²) in [5, 5.41) is 15.6. The number of pyridine rings is 2. The van der Waals surface area contributed by atoms with Crippen LogP contribution in [0.1, 0.15) is 137 Å². The van der Waals surface area contributed by atoms with E-state index < -0.39 is 10.8 Å². The molecule has 1 aromatic carbocycles. The van der Waals surface area contributed by atoms with Crippen LogP contribution < -0.4 is 20.8 Å². The molecule has 4 aromatic heterocycles. The quantitative estimate of drug-likeness (QED) is 0.0856. The van der Waals surface area contributed by atoms with Crippen LogP contribution in [0.15, 0.2) is 83.9 Å². The number of nitrogens with zero attached hydrogens (tertiary/aromatic N) is 5. The number of rotatable bonds is 15. The van der Waals surface area contributed by atoms with Gasteiger partial charge in [-0.1, -0.05) is 68.9 Å². The molecule has 0 spiro atoms. The summed E-state index contributed by atoms with van der Waals surface area (Å²) < 4.78 is 20.9. The third kappa shape index (κ3) is 12.9. The van der Waals surface area contributed by atoms with Crippen molar-refractivity contribution in [2.75, 3.05) is 23.8 Å². The number of carbonyl (C=O) groups excluding carboxylic acids is 2. The van der Waals surface area contributed by atoms with E-state index in [1.807, 2.05) is 77.8 Å². The Morgan fingerprint density at radius 2 is 1.23 bits per heavy atom. The lowest BCUT2D eigenvalue weighted by molar-refractivity contribution is -0.158.